The number of aliphatic hydroxyl groups is 2. The zero-order valence-electron chi connectivity index (χ0n) is 22.2. The molecule has 0 saturated carbocycles. The first-order valence-corrected chi connectivity index (χ1v) is 12.7. The van der Waals surface area contributed by atoms with Crippen LogP contribution in [0.4, 0.5) is 0 Å². The number of carbonyl (C=O) groups excluding carboxylic acids is 3. The molecule has 0 aliphatic heterocycles. The van der Waals surface area contributed by atoms with Crippen molar-refractivity contribution in [1.82, 2.24) is 0 Å². The van der Waals surface area contributed by atoms with Crippen LogP contribution >= 0.6 is 0 Å². The fourth-order valence-corrected chi connectivity index (χ4v) is 4.25. The second-order valence-corrected chi connectivity index (χ2v) is 9.17. The summed E-state index contributed by atoms with van der Waals surface area (Å²) in [5, 5.41) is 20.3. The molecule has 0 amide bonds. The molecule has 0 fully saturated rings. The third kappa shape index (κ3) is 8.49. The van der Waals surface area contributed by atoms with Crippen molar-refractivity contribution >= 4 is 17.9 Å². The van der Waals surface area contributed by atoms with E-state index in [9.17, 15) is 24.6 Å². The fraction of sp³-hybridized carbons (Fsp3) is 0.323. The van der Waals surface area contributed by atoms with Crippen LogP contribution in [0.5, 0.6) is 0 Å². The van der Waals surface area contributed by atoms with Gasteiger partial charge in [-0.25, -0.2) is 9.59 Å². The third-order valence-corrected chi connectivity index (χ3v) is 6.50. The van der Waals surface area contributed by atoms with Gasteiger partial charge in [0.25, 0.3) is 0 Å². The molecule has 8 heteroatoms. The normalized spacial score (nSPS) is 12.3. The van der Waals surface area contributed by atoms with E-state index in [-0.39, 0.29) is 24.2 Å². The third-order valence-electron chi connectivity index (χ3n) is 6.50. The Morgan fingerprint density at radius 3 is 1.95 bits per heavy atom. The minimum absolute atomic E-state index is 0.0808. The molecule has 8 nitrogen and oxygen atoms in total. The second kappa shape index (κ2) is 14.8. The summed E-state index contributed by atoms with van der Waals surface area (Å²) in [4.78, 5) is 36.6. The number of aryl methyl sites for hydroxylation is 3. The zero-order valence-corrected chi connectivity index (χ0v) is 22.2. The first kappa shape index (κ1) is 29.5. The molecule has 2 unspecified atom stereocenters. The summed E-state index contributed by atoms with van der Waals surface area (Å²) in [6.07, 6.45) is 1.05. The lowest BCUT2D eigenvalue weighted by molar-refractivity contribution is -0.156. The van der Waals surface area contributed by atoms with Gasteiger partial charge in [0.2, 0.25) is 0 Å². The van der Waals surface area contributed by atoms with E-state index in [1.165, 1.54) is 14.2 Å². The Morgan fingerprint density at radius 1 is 0.718 bits per heavy atom. The van der Waals surface area contributed by atoms with Crippen molar-refractivity contribution in [3.63, 3.8) is 0 Å². The molecule has 3 aromatic rings. The summed E-state index contributed by atoms with van der Waals surface area (Å²) in [5.74, 6) is -2.87. The van der Waals surface area contributed by atoms with Gasteiger partial charge in [-0.15, -0.1) is 0 Å². The first-order chi connectivity index (χ1) is 18.9. The lowest BCUT2D eigenvalue weighted by Gasteiger charge is -2.20. The van der Waals surface area contributed by atoms with E-state index in [2.05, 4.69) is 0 Å². The predicted octanol–water partition coefficient (Wildman–Crippen LogP) is 3.69. The van der Waals surface area contributed by atoms with Crippen LogP contribution in [0.2, 0.25) is 0 Å². The lowest BCUT2D eigenvalue weighted by atomic mass is 9.95. The summed E-state index contributed by atoms with van der Waals surface area (Å²) in [6.45, 7) is -0.422. The van der Waals surface area contributed by atoms with Crippen LogP contribution in [-0.2, 0) is 44.9 Å². The van der Waals surface area contributed by atoms with E-state index >= 15 is 0 Å². The summed E-state index contributed by atoms with van der Waals surface area (Å²) in [6, 6.07) is 22.1. The average Bonchev–Trinajstić information content (AvgIpc) is 2.98. The van der Waals surface area contributed by atoms with Crippen LogP contribution in [0.25, 0.3) is 0 Å². The number of hydrogen-bond acceptors (Lipinski definition) is 8. The average molecular weight is 535 g/mol. The highest BCUT2D eigenvalue weighted by atomic mass is 16.5. The fourth-order valence-electron chi connectivity index (χ4n) is 4.25. The molecule has 0 aliphatic carbocycles. The molecule has 3 rings (SSSR count). The molecule has 206 valence electrons. The van der Waals surface area contributed by atoms with Gasteiger partial charge in [0.15, 0.2) is 0 Å². The zero-order chi connectivity index (χ0) is 28.2. The number of aliphatic hydroxyl groups excluding tert-OH is 2. The van der Waals surface area contributed by atoms with Gasteiger partial charge in [-0.05, 0) is 60.1 Å². The number of benzene rings is 3. The van der Waals surface area contributed by atoms with Crippen molar-refractivity contribution in [3.8, 4) is 0 Å². The minimum atomic E-state index is -1.05. The molecule has 0 heterocycles. The van der Waals surface area contributed by atoms with Crippen molar-refractivity contribution < 1.29 is 38.8 Å². The van der Waals surface area contributed by atoms with Gasteiger partial charge >= 0.3 is 17.9 Å². The Morgan fingerprint density at radius 2 is 1.31 bits per heavy atom. The molecule has 39 heavy (non-hydrogen) atoms. The van der Waals surface area contributed by atoms with Gasteiger partial charge < -0.3 is 24.4 Å². The topological polar surface area (TPSA) is 119 Å². The molecule has 3 aromatic carbocycles. The molecule has 0 bridgehead atoms. The van der Waals surface area contributed by atoms with Crippen molar-refractivity contribution in [2.45, 2.75) is 38.4 Å². The minimum Gasteiger partial charge on any atom is -0.465 e. The molecule has 0 aliphatic rings. The monoisotopic (exact) mass is 534 g/mol. The van der Waals surface area contributed by atoms with Gasteiger partial charge in [0.1, 0.15) is 12.5 Å². The van der Waals surface area contributed by atoms with Gasteiger partial charge in [-0.2, -0.15) is 0 Å². The van der Waals surface area contributed by atoms with E-state index in [1.54, 1.807) is 18.2 Å². The van der Waals surface area contributed by atoms with E-state index < -0.39 is 36.5 Å². The van der Waals surface area contributed by atoms with Crippen LogP contribution in [0, 0.1) is 5.92 Å². The Kier molecular flexibility index (Phi) is 11.2. The highest BCUT2D eigenvalue weighted by Crippen LogP contribution is 2.19. The maximum absolute atomic E-state index is 12.4. The van der Waals surface area contributed by atoms with Crippen LogP contribution in [-0.4, -0.2) is 55.1 Å². The Hall–Kier alpha value is -4.01. The maximum atomic E-state index is 12.4. The van der Waals surface area contributed by atoms with E-state index in [1.807, 2.05) is 54.6 Å². The van der Waals surface area contributed by atoms with Crippen molar-refractivity contribution in [2.24, 2.45) is 5.92 Å². The first-order valence-electron chi connectivity index (χ1n) is 12.7. The molecule has 0 aromatic heterocycles. The number of methoxy groups -OCH3 is 2. The molecule has 2 N–H and O–H groups in total. The standard InChI is InChI=1S/C31H34O8/c1-37-29(34)25-15-13-23(18-26(25)30(35)38-2)12-11-21-9-6-10-22(17-21)14-16-28(33)27(19-32)31(36)39-20-24-7-4-3-5-8-24/h3-10,13,15,17-18,27-28,32-33H,11-12,14,16,19-20H2,1-2H3. The molecule has 0 saturated heterocycles. The van der Waals surface area contributed by atoms with Crippen LogP contribution in [0.3, 0.4) is 0 Å². The summed E-state index contributed by atoms with van der Waals surface area (Å²) < 4.78 is 14.9. The van der Waals surface area contributed by atoms with Crippen LogP contribution < -0.4 is 0 Å². The Labute approximate surface area is 228 Å². The predicted molar refractivity (Wildman–Crippen MR) is 144 cm³/mol. The van der Waals surface area contributed by atoms with Crippen molar-refractivity contribution in [2.75, 3.05) is 20.8 Å². The summed E-state index contributed by atoms with van der Waals surface area (Å²) in [5.41, 5.74) is 4.04. The number of ether oxygens (including phenoxy) is 3. The Balaban J connectivity index is 1.57. The highest BCUT2D eigenvalue weighted by Gasteiger charge is 2.27. The molecule has 2 atom stereocenters. The number of rotatable bonds is 13. The number of carbonyl (C=O) groups is 3. The van der Waals surface area contributed by atoms with Crippen LogP contribution in [0.15, 0.2) is 72.8 Å². The van der Waals surface area contributed by atoms with E-state index in [0.717, 1.165) is 22.3 Å². The largest absolute Gasteiger partial charge is 0.465 e. The van der Waals surface area contributed by atoms with Gasteiger partial charge in [0.05, 0.1) is 38.1 Å². The molecule has 0 radical (unpaired) electrons. The Bertz CT molecular complexity index is 1250. The smallest absolute Gasteiger partial charge is 0.338 e. The summed E-state index contributed by atoms with van der Waals surface area (Å²) >= 11 is 0. The quantitative estimate of drug-likeness (QED) is 0.252. The summed E-state index contributed by atoms with van der Waals surface area (Å²) in [7, 11) is 2.51. The van der Waals surface area contributed by atoms with Crippen LogP contribution in [0.1, 0.15) is 49.4 Å². The van der Waals surface area contributed by atoms with Gasteiger partial charge in [0, 0.05) is 0 Å². The molecular weight excluding hydrogens is 500 g/mol. The van der Waals surface area contributed by atoms with Gasteiger partial charge in [-0.3, -0.25) is 4.79 Å². The SMILES string of the molecule is COC(=O)c1ccc(CCc2cccc(CCC(O)C(CO)C(=O)OCc3ccccc3)c2)cc1C(=O)OC. The highest BCUT2D eigenvalue weighted by molar-refractivity contribution is 6.03. The van der Waals surface area contributed by atoms with Crippen molar-refractivity contribution in [3.05, 3.63) is 106 Å². The second-order valence-electron chi connectivity index (χ2n) is 9.17. The number of esters is 3. The van der Waals surface area contributed by atoms with Crippen molar-refractivity contribution in [1.29, 1.82) is 0 Å². The van der Waals surface area contributed by atoms with E-state index in [0.29, 0.717) is 19.3 Å². The van der Waals surface area contributed by atoms with E-state index in [4.69, 9.17) is 14.2 Å². The maximum Gasteiger partial charge on any atom is 0.338 e. The number of hydrogen-bond donors (Lipinski definition) is 2. The molecular formula is C31H34O8. The van der Waals surface area contributed by atoms with Gasteiger partial charge in [-0.1, -0.05) is 60.7 Å². The lowest BCUT2D eigenvalue weighted by Crippen LogP contribution is -2.33. The molecule has 0 spiro atoms.